The van der Waals surface area contributed by atoms with Gasteiger partial charge in [0.25, 0.3) is 0 Å². The predicted octanol–water partition coefficient (Wildman–Crippen LogP) is 4.30. The SMILES string of the molecule is C=CC(=O)N1CC[C@H](n2nc(C#Cc3cc4ncn(C5CC5)c4cc3Cl)c3c(N)ncc(C(=O)CC)c32)C1. The zero-order chi connectivity index (χ0) is 26.6. The number of ketones is 1. The average Bonchev–Trinajstić information content (AvgIpc) is 3.32. The van der Waals surface area contributed by atoms with Gasteiger partial charge in [0.1, 0.15) is 11.5 Å². The van der Waals surface area contributed by atoms with Crippen LogP contribution in [0.1, 0.15) is 66.3 Å². The van der Waals surface area contributed by atoms with Crippen molar-refractivity contribution in [2.24, 2.45) is 0 Å². The number of nitrogens with two attached hydrogens (primary N) is 1. The quantitative estimate of drug-likeness (QED) is 0.235. The van der Waals surface area contributed by atoms with Gasteiger partial charge in [-0.15, -0.1) is 0 Å². The third kappa shape index (κ3) is 4.02. The highest BCUT2D eigenvalue weighted by molar-refractivity contribution is 6.32. The molecule has 192 valence electrons. The molecule has 1 aliphatic carbocycles. The number of likely N-dealkylation sites (tertiary alicyclic amines) is 1. The molecule has 1 saturated carbocycles. The van der Waals surface area contributed by atoms with Crippen LogP contribution in [0.4, 0.5) is 5.82 Å². The Balaban J connectivity index is 1.47. The molecule has 2 fully saturated rings. The number of nitrogen functional groups attached to an aromatic ring is 1. The monoisotopic (exact) mass is 527 g/mol. The summed E-state index contributed by atoms with van der Waals surface area (Å²) in [7, 11) is 0. The Kier molecular flexibility index (Phi) is 5.92. The van der Waals surface area contributed by atoms with Crippen LogP contribution in [-0.2, 0) is 4.79 Å². The summed E-state index contributed by atoms with van der Waals surface area (Å²) in [5.41, 5.74) is 10.2. The lowest BCUT2D eigenvalue weighted by molar-refractivity contribution is -0.125. The second-order valence-electron chi connectivity index (χ2n) is 9.74. The van der Waals surface area contributed by atoms with Gasteiger partial charge in [0.05, 0.1) is 44.9 Å². The number of amides is 1. The van der Waals surface area contributed by atoms with Gasteiger partial charge in [-0.1, -0.05) is 31.0 Å². The van der Waals surface area contributed by atoms with E-state index in [4.69, 9.17) is 22.4 Å². The van der Waals surface area contributed by atoms with E-state index in [0.29, 0.717) is 64.7 Å². The Morgan fingerprint density at radius 3 is 2.76 bits per heavy atom. The molecule has 0 bridgehead atoms. The smallest absolute Gasteiger partial charge is 0.246 e. The third-order valence-corrected chi connectivity index (χ3v) is 7.60. The molecule has 6 rings (SSSR count). The van der Waals surface area contributed by atoms with Crippen LogP contribution in [0.15, 0.2) is 37.3 Å². The summed E-state index contributed by atoms with van der Waals surface area (Å²) in [6.45, 7) is 6.41. The molecular weight excluding hydrogens is 502 g/mol. The zero-order valence-corrected chi connectivity index (χ0v) is 21.7. The number of imidazole rings is 1. The molecule has 9 nitrogen and oxygen atoms in total. The number of pyridine rings is 1. The topological polar surface area (TPSA) is 112 Å². The fourth-order valence-electron chi connectivity index (χ4n) is 5.13. The Morgan fingerprint density at radius 2 is 2.03 bits per heavy atom. The molecule has 10 heteroatoms. The van der Waals surface area contributed by atoms with E-state index in [1.807, 2.05) is 18.5 Å². The maximum Gasteiger partial charge on any atom is 0.246 e. The lowest BCUT2D eigenvalue weighted by Crippen LogP contribution is -2.27. The van der Waals surface area contributed by atoms with Crippen LogP contribution in [0.2, 0.25) is 5.02 Å². The van der Waals surface area contributed by atoms with E-state index in [-0.39, 0.29) is 23.6 Å². The summed E-state index contributed by atoms with van der Waals surface area (Å²) in [4.78, 5) is 35.6. The molecule has 2 N–H and O–H groups in total. The van der Waals surface area contributed by atoms with Crippen LogP contribution < -0.4 is 5.73 Å². The normalized spacial score (nSPS) is 17.1. The zero-order valence-electron chi connectivity index (χ0n) is 20.9. The van der Waals surface area contributed by atoms with E-state index < -0.39 is 0 Å². The maximum absolute atomic E-state index is 12.9. The van der Waals surface area contributed by atoms with E-state index in [9.17, 15) is 9.59 Å². The number of benzene rings is 1. The van der Waals surface area contributed by atoms with Gasteiger partial charge in [-0.25, -0.2) is 9.97 Å². The molecule has 1 amide bonds. The highest BCUT2D eigenvalue weighted by atomic mass is 35.5. The molecule has 2 aliphatic rings. The fraction of sp³-hybridized carbons (Fsp3) is 0.321. The molecule has 1 atom stereocenters. The molecule has 38 heavy (non-hydrogen) atoms. The lowest BCUT2D eigenvalue weighted by Gasteiger charge is -2.16. The number of carbonyl (C=O) groups is 2. The first kappa shape index (κ1) is 24.2. The summed E-state index contributed by atoms with van der Waals surface area (Å²) >= 11 is 6.63. The summed E-state index contributed by atoms with van der Waals surface area (Å²) in [6.07, 6.45) is 7.95. The van der Waals surface area contributed by atoms with Crippen LogP contribution in [0, 0.1) is 11.8 Å². The summed E-state index contributed by atoms with van der Waals surface area (Å²) in [5.74, 6) is 6.32. The first-order chi connectivity index (χ1) is 18.4. The molecule has 1 saturated heterocycles. The molecule has 3 aromatic heterocycles. The van der Waals surface area contributed by atoms with Crippen molar-refractivity contribution in [3.63, 3.8) is 0 Å². The Morgan fingerprint density at radius 1 is 1.21 bits per heavy atom. The van der Waals surface area contributed by atoms with Crippen LogP contribution in [0.25, 0.3) is 21.9 Å². The second-order valence-corrected chi connectivity index (χ2v) is 10.1. The minimum absolute atomic E-state index is 0.0695. The van der Waals surface area contributed by atoms with Crippen molar-refractivity contribution < 1.29 is 9.59 Å². The number of aromatic nitrogens is 5. The number of Topliss-reactive ketones (excluding diaryl/α,β-unsaturated/α-hetero) is 1. The predicted molar refractivity (Wildman–Crippen MR) is 146 cm³/mol. The molecule has 0 spiro atoms. The summed E-state index contributed by atoms with van der Waals surface area (Å²) in [5, 5.41) is 5.87. The van der Waals surface area contributed by atoms with Crippen molar-refractivity contribution in [3.05, 3.63) is 59.2 Å². The van der Waals surface area contributed by atoms with Crippen molar-refractivity contribution in [2.75, 3.05) is 18.8 Å². The van der Waals surface area contributed by atoms with Gasteiger partial charge in [0.2, 0.25) is 5.91 Å². The number of carbonyl (C=O) groups excluding carboxylic acids is 2. The van der Waals surface area contributed by atoms with E-state index >= 15 is 0 Å². The lowest BCUT2D eigenvalue weighted by atomic mass is 10.1. The number of rotatable bonds is 5. The summed E-state index contributed by atoms with van der Waals surface area (Å²) in [6, 6.07) is 4.13. The molecule has 0 radical (unpaired) electrons. The Bertz CT molecular complexity index is 1700. The summed E-state index contributed by atoms with van der Waals surface area (Å²) < 4.78 is 3.95. The standard InChI is InChI=1S/C28H26ClN7O2/c1-3-24(37)19-13-31-28(30)26-21(33-36(27(19)26)18-9-10-34(14-18)25(38)4-2)8-5-16-11-22-23(12-20(16)29)35(15-32-22)17-6-7-17/h4,11-13,15,17-18H,2-3,6-7,9-10,14H2,1H3,(H2,30,31)/t18-/m0/s1. The van der Waals surface area contributed by atoms with Gasteiger partial charge in [-0.2, -0.15) is 5.10 Å². The van der Waals surface area contributed by atoms with Crippen LogP contribution >= 0.6 is 11.6 Å². The molecule has 0 unspecified atom stereocenters. The fourth-order valence-corrected chi connectivity index (χ4v) is 5.33. The van der Waals surface area contributed by atoms with E-state index in [1.54, 1.807) is 16.5 Å². The number of anilines is 1. The molecular formula is C28H26ClN7O2. The van der Waals surface area contributed by atoms with Crippen molar-refractivity contribution in [2.45, 2.75) is 44.7 Å². The first-order valence-electron chi connectivity index (χ1n) is 12.7. The van der Waals surface area contributed by atoms with E-state index in [2.05, 4.69) is 33.0 Å². The minimum atomic E-state index is -0.145. The molecule has 4 heterocycles. The van der Waals surface area contributed by atoms with E-state index in [0.717, 1.165) is 23.9 Å². The van der Waals surface area contributed by atoms with Crippen LogP contribution in [-0.4, -0.2) is 54.0 Å². The van der Waals surface area contributed by atoms with E-state index in [1.165, 1.54) is 12.3 Å². The van der Waals surface area contributed by atoms with Crippen molar-refractivity contribution in [3.8, 4) is 11.8 Å². The number of nitrogens with zero attached hydrogens (tertiary/aromatic N) is 6. The number of hydrogen-bond donors (Lipinski definition) is 1. The Hall–Kier alpha value is -4.16. The van der Waals surface area contributed by atoms with Crippen LogP contribution in [0.5, 0.6) is 0 Å². The molecule has 4 aromatic rings. The van der Waals surface area contributed by atoms with Crippen LogP contribution in [0.3, 0.4) is 0 Å². The first-order valence-corrected chi connectivity index (χ1v) is 13.1. The highest BCUT2D eigenvalue weighted by Gasteiger charge is 2.31. The van der Waals surface area contributed by atoms with Gasteiger partial charge in [0, 0.05) is 37.3 Å². The number of fused-ring (bicyclic) bond motifs is 2. The van der Waals surface area contributed by atoms with Gasteiger partial charge < -0.3 is 15.2 Å². The second kappa shape index (κ2) is 9.30. The van der Waals surface area contributed by atoms with Crippen molar-refractivity contribution >= 4 is 51.0 Å². The largest absolute Gasteiger partial charge is 0.383 e. The highest BCUT2D eigenvalue weighted by Crippen LogP contribution is 2.38. The molecule has 1 aliphatic heterocycles. The van der Waals surface area contributed by atoms with Gasteiger partial charge in [0.15, 0.2) is 5.78 Å². The maximum atomic E-state index is 12.9. The average molecular weight is 528 g/mol. The van der Waals surface area contributed by atoms with Crippen molar-refractivity contribution in [1.82, 2.24) is 29.2 Å². The van der Waals surface area contributed by atoms with Gasteiger partial charge in [-0.3, -0.25) is 14.3 Å². The Labute approximate surface area is 224 Å². The number of hydrogen-bond acceptors (Lipinski definition) is 6. The molecule has 1 aromatic carbocycles. The minimum Gasteiger partial charge on any atom is -0.383 e. The van der Waals surface area contributed by atoms with Crippen molar-refractivity contribution in [1.29, 1.82) is 0 Å². The van der Waals surface area contributed by atoms with Gasteiger partial charge >= 0.3 is 0 Å². The third-order valence-electron chi connectivity index (χ3n) is 7.29. The van der Waals surface area contributed by atoms with Gasteiger partial charge in [-0.05, 0) is 43.4 Å². The number of halogens is 1.